The number of rotatable bonds is 6. The molecule has 3 aromatic rings. The number of carboxylic acid groups (broad SMARTS) is 1. The zero-order valence-electron chi connectivity index (χ0n) is 12.1. The van der Waals surface area contributed by atoms with Crippen LogP contribution in [-0.2, 0) is 17.9 Å². The monoisotopic (exact) mass is 331 g/mol. The second-order valence-corrected chi connectivity index (χ2v) is 5.41. The minimum Gasteiger partial charge on any atom is -0.476 e. The van der Waals surface area contributed by atoms with Crippen molar-refractivity contribution >= 4 is 28.5 Å². The molecule has 118 valence electrons. The van der Waals surface area contributed by atoms with E-state index in [1.807, 2.05) is 30.3 Å². The Morgan fingerprint density at radius 1 is 1.26 bits per heavy atom. The van der Waals surface area contributed by atoms with Gasteiger partial charge in [0.25, 0.3) is 0 Å². The molecule has 0 fully saturated rings. The summed E-state index contributed by atoms with van der Waals surface area (Å²) in [5.41, 5.74) is 1.77. The molecule has 3 rings (SSSR count). The van der Waals surface area contributed by atoms with Crippen LogP contribution in [0.15, 0.2) is 42.6 Å². The maximum atomic E-state index is 10.7. The predicted molar refractivity (Wildman–Crippen MR) is 85.6 cm³/mol. The Morgan fingerprint density at radius 2 is 2.09 bits per heavy atom. The summed E-state index contributed by atoms with van der Waals surface area (Å²) in [7, 11) is 0. The number of benzene rings is 1. The number of aromatic carboxylic acids is 1. The Hall–Kier alpha value is -2.44. The van der Waals surface area contributed by atoms with Crippen molar-refractivity contribution in [2.24, 2.45) is 0 Å². The lowest BCUT2D eigenvalue weighted by atomic mass is 10.2. The first-order valence-electron chi connectivity index (χ1n) is 7.01. The largest absolute Gasteiger partial charge is 0.476 e. The molecule has 0 spiro atoms. The Balaban J connectivity index is 1.54. The van der Waals surface area contributed by atoms with Gasteiger partial charge in [-0.3, -0.25) is 4.98 Å². The number of ether oxygens (including phenoxy) is 1. The Morgan fingerprint density at radius 3 is 2.87 bits per heavy atom. The number of hydrogen-bond donors (Lipinski definition) is 1. The van der Waals surface area contributed by atoms with Gasteiger partial charge in [0.1, 0.15) is 6.73 Å². The smallest absolute Gasteiger partial charge is 0.356 e. The van der Waals surface area contributed by atoms with E-state index in [0.29, 0.717) is 18.1 Å². The van der Waals surface area contributed by atoms with Crippen molar-refractivity contribution in [1.82, 2.24) is 14.8 Å². The molecule has 6 nitrogen and oxygen atoms in total. The minimum absolute atomic E-state index is 0.00155. The molecular formula is C16H14ClN3O3. The van der Waals surface area contributed by atoms with Crippen molar-refractivity contribution in [3.63, 3.8) is 0 Å². The highest BCUT2D eigenvalue weighted by Gasteiger charge is 2.06. The number of aromatic nitrogens is 3. The van der Waals surface area contributed by atoms with Crippen LogP contribution in [0.4, 0.5) is 0 Å². The van der Waals surface area contributed by atoms with Gasteiger partial charge in [-0.15, -0.1) is 0 Å². The molecule has 0 atom stereocenters. The van der Waals surface area contributed by atoms with Gasteiger partial charge in [-0.05, 0) is 24.3 Å². The second-order valence-electron chi connectivity index (χ2n) is 4.97. The van der Waals surface area contributed by atoms with E-state index in [9.17, 15) is 4.79 Å². The molecule has 0 amide bonds. The first-order chi connectivity index (χ1) is 11.1. The quantitative estimate of drug-likeness (QED) is 0.702. The number of nitrogens with zero attached hydrogens (tertiary/aromatic N) is 3. The van der Waals surface area contributed by atoms with Crippen molar-refractivity contribution < 1.29 is 14.6 Å². The fourth-order valence-electron chi connectivity index (χ4n) is 2.15. The van der Waals surface area contributed by atoms with Gasteiger partial charge in [-0.2, -0.15) is 5.10 Å². The van der Waals surface area contributed by atoms with E-state index in [-0.39, 0.29) is 12.4 Å². The minimum atomic E-state index is -1.05. The summed E-state index contributed by atoms with van der Waals surface area (Å²) in [6, 6.07) is 11.0. The normalized spacial score (nSPS) is 11.0. The van der Waals surface area contributed by atoms with Crippen LogP contribution < -0.4 is 0 Å². The summed E-state index contributed by atoms with van der Waals surface area (Å²) in [5.74, 6) is -1.05. The molecule has 1 N–H and O–H groups in total. The predicted octanol–water partition coefficient (Wildman–Crippen LogP) is 3.00. The lowest BCUT2D eigenvalue weighted by Crippen LogP contribution is -2.08. The Bertz CT molecular complexity index is 847. The molecule has 0 aliphatic carbocycles. The molecule has 0 radical (unpaired) electrons. The van der Waals surface area contributed by atoms with Crippen molar-refractivity contribution in [3.05, 3.63) is 59.0 Å². The third kappa shape index (κ3) is 3.85. The van der Waals surface area contributed by atoms with Crippen LogP contribution in [0.2, 0.25) is 5.02 Å². The molecule has 0 aliphatic heterocycles. The van der Waals surface area contributed by atoms with Gasteiger partial charge in [0.15, 0.2) is 5.69 Å². The van der Waals surface area contributed by atoms with Crippen LogP contribution in [0.3, 0.4) is 0 Å². The highest BCUT2D eigenvalue weighted by Crippen LogP contribution is 2.18. The van der Waals surface area contributed by atoms with Crippen molar-refractivity contribution in [2.45, 2.75) is 13.2 Å². The average Bonchev–Trinajstić information content (AvgIpc) is 3.00. The Kier molecular flexibility index (Phi) is 4.55. The molecule has 23 heavy (non-hydrogen) atoms. The van der Waals surface area contributed by atoms with E-state index in [2.05, 4.69) is 10.1 Å². The number of fused-ring (bicyclic) bond motifs is 1. The third-order valence-electron chi connectivity index (χ3n) is 3.30. The average molecular weight is 332 g/mol. The summed E-state index contributed by atoms with van der Waals surface area (Å²) in [6.07, 6.45) is 2.22. The molecule has 7 heteroatoms. The molecule has 0 saturated heterocycles. The van der Waals surface area contributed by atoms with Crippen LogP contribution in [0.25, 0.3) is 10.9 Å². The maximum Gasteiger partial charge on any atom is 0.356 e. The number of halogens is 1. The van der Waals surface area contributed by atoms with E-state index in [1.165, 1.54) is 10.7 Å². The van der Waals surface area contributed by atoms with E-state index in [0.717, 1.165) is 16.6 Å². The zero-order valence-corrected chi connectivity index (χ0v) is 12.9. The van der Waals surface area contributed by atoms with Crippen LogP contribution in [0, 0.1) is 0 Å². The first kappa shape index (κ1) is 15.5. The summed E-state index contributed by atoms with van der Waals surface area (Å²) < 4.78 is 6.94. The number of carboxylic acids is 1. The first-order valence-corrected chi connectivity index (χ1v) is 7.39. The lowest BCUT2D eigenvalue weighted by molar-refractivity contribution is 0.0652. The summed E-state index contributed by atoms with van der Waals surface area (Å²) in [5, 5.41) is 14.4. The number of pyridine rings is 1. The molecule has 2 heterocycles. The molecule has 0 unspecified atom stereocenters. The van der Waals surface area contributed by atoms with Gasteiger partial charge in [0, 0.05) is 28.7 Å². The molecular weight excluding hydrogens is 318 g/mol. The standard InChI is InChI=1S/C16H14ClN3O3/c17-12-3-1-11-2-4-13(18-15(11)9-12)6-8-23-10-20-7-5-14(19-20)16(21)22/h1-5,7,9H,6,8,10H2,(H,21,22). The highest BCUT2D eigenvalue weighted by atomic mass is 35.5. The van der Waals surface area contributed by atoms with Gasteiger partial charge in [-0.25, -0.2) is 9.48 Å². The molecule has 0 aliphatic rings. The summed E-state index contributed by atoms with van der Waals surface area (Å²) in [4.78, 5) is 15.3. The maximum absolute atomic E-state index is 10.7. The highest BCUT2D eigenvalue weighted by molar-refractivity contribution is 6.31. The third-order valence-corrected chi connectivity index (χ3v) is 3.53. The zero-order chi connectivity index (χ0) is 16.2. The molecule has 1 aromatic carbocycles. The molecule has 0 saturated carbocycles. The lowest BCUT2D eigenvalue weighted by Gasteiger charge is -2.05. The topological polar surface area (TPSA) is 77.2 Å². The van der Waals surface area contributed by atoms with Crippen LogP contribution in [0.5, 0.6) is 0 Å². The van der Waals surface area contributed by atoms with Crippen LogP contribution in [-0.4, -0.2) is 32.4 Å². The fraction of sp³-hybridized carbons (Fsp3) is 0.188. The van der Waals surface area contributed by atoms with Crippen LogP contribution in [0.1, 0.15) is 16.2 Å². The van der Waals surface area contributed by atoms with E-state index in [1.54, 1.807) is 6.20 Å². The fourth-order valence-corrected chi connectivity index (χ4v) is 2.32. The van der Waals surface area contributed by atoms with E-state index >= 15 is 0 Å². The van der Waals surface area contributed by atoms with Gasteiger partial charge in [0.2, 0.25) is 0 Å². The second kappa shape index (κ2) is 6.76. The summed E-state index contributed by atoms with van der Waals surface area (Å²) >= 11 is 5.97. The van der Waals surface area contributed by atoms with E-state index in [4.69, 9.17) is 21.4 Å². The van der Waals surface area contributed by atoms with Crippen molar-refractivity contribution in [2.75, 3.05) is 6.61 Å². The molecule has 2 aromatic heterocycles. The molecule has 0 bridgehead atoms. The van der Waals surface area contributed by atoms with E-state index < -0.39 is 5.97 Å². The van der Waals surface area contributed by atoms with Crippen LogP contribution >= 0.6 is 11.6 Å². The SMILES string of the molecule is O=C(O)c1ccn(COCCc2ccc3ccc(Cl)cc3n2)n1. The number of carbonyl (C=O) groups is 1. The Labute approximate surface area is 137 Å². The van der Waals surface area contributed by atoms with Crippen molar-refractivity contribution in [3.8, 4) is 0 Å². The van der Waals surface area contributed by atoms with Gasteiger partial charge in [0.05, 0.1) is 12.1 Å². The van der Waals surface area contributed by atoms with Crippen molar-refractivity contribution in [1.29, 1.82) is 0 Å². The van der Waals surface area contributed by atoms with Gasteiger partial charge < -0.3 is 9.84 Å². The van der Waals surface area contributed by atoms with Gasteiger partial charge in [-0.1, -0.05) is 23.7 Å². The van der Waals surface area contributed by atoms with Gasteiger partial charge >= 0.3 is 5.97 Å². The summed E-state index contributed by atoms with van der Waals surface area (Å²) in [6.45, 7) is 0.661. The number of hydrogen-bond acceptors (Lipinski definition) is 4.